The van der Waals surface area contributed by atoms with Crippen molar-refractivity contribution in [2.75, 3.05) is 0 Å². The molecular formula is C16H16N2OS. The Labute approximate surface area is 123 Å². The number of aromatic nitrogens is 2. The first-order valence-electron chi connectivity index (χ1n) is 6.42. The summed E-state index contributed by atoms with van der Waals surface area (Å²) in [5.41, 5.74) is 2.99. The summed E-state index contributed by atoms with van der Waals surface area (Å²) >= 11 is 5.30. The number of para-hydroxylation sites is 1. The van der Waals surface area contributed by atoms with Gasteiger partial charge in [0.15, 0.2) is 4.77 Å². The minimum Gasteiger partial charge on any atom is -0.332 e. The number of nitrogens with one attached hydrogen (secondary N) is 1. The predicted molar refractivity (Wildman–Crippen MR) is 85.8 cm³/mol. The summed E-state index contributed by atoms with van der Waals surface area (Å²) in [6.45, 7) is 2.53. The average Bonchev–Trinajstić information content (AvgIpc) is 2.45. The fourth-order valence-electron chi connectivity index (χ4n) is 2.22. The molecule has 1 N–H and O–H groups in total. The Morgan fingerprint density at radius 2 is 1.85 bits per heavy atom. The van der Waals surface area contributed by atoms with Crippen LogP contribution in [0.3, 0.4) is 0 Å². The number of rotatable bonds is 2. The molecule has 2 aromatic carbocycles. The van der Waals surface area contributed by atoms with Crippen LogP contribution in [-0.4, -0.2) is 9.55 Å². The number of benzene rings is 2. The lowest BCUT2D eigenvalue weighted by molar-refractivity contribution is 0.734. The van der Waals surface area contributed by atoms with Gasteiger partial charge in [-0.15, -0.1) is 0 Å². The second kappa shape index (κ2) is 5.06. The van der Waals surface area contributed by atoms with Gasteiger partial charge in [-0.1, -0.05) is 42.0 Å². The normalized spacial score (nSPS) is 10.8. The zero-order chi connectivity index (χ0) is 14.1. The summed E-state index contributed by atoms with van der Waals surface area (Å²) in [5, 5.41) is 0.660. The SMILES string of the molecule is Cc1ccc(Cn2c(=S)[nH]c3ccccc3c2=O)cc1.[HH]. The van der Waals surface area contributed by atoms with Gasteiger partial charge in [-0.2, -0.15) is 0 Å². The molecule has 0 aliphatic heterocycles. The maximum absolute atomic E-state index is 12.5. The van der Waals surface area contributed by atoms with Gasteiger partial charge in [-0.05, 0) is 36.8 Å². The standard InChI is InChI=1S/C16H14N2OS.H2/c1-11-6-8-12(9-7-11)10-18-15(19)13-4-2-3-5-14(13)17-16(18)20;/h2-9H,10H2,1H3,(H,17,20);1H. The number of hydrogen-bond donors (Lipinski definition) is 1. The van der Waals surface area contributed by atoms with Crippen LogP contribution >= 0.6 is 12.2 Å². The van der Waals surface area contributed by atoms with E-state index in [1.165, 1.54) is 5.56 Å². The molecule has 0 fully saturated rings. The molecule has 0 unspecified atom stereocenters. The fraction of sp³-hybridized carbons (Fsp3) is 0.125. The maximum atomic E-state index is 12.5. The summed E-state index contributed by atoms with van der Waals surface area (Å²) in [5.74, 6) is 0. The summed E-state index contributed by atoms with van der Waals surface area (Å²) < 4.78 is 2.05. The second-order valence-corrected chi connectivity index (χ2v) is 5.24. The Balaban J connectivity index is 0.00000161. The van der Waals surface area contributed by atoms with Crippen LogP contribution in [0.5, 0.6) is 0 Å². The largest absolute Gasteiger partial charge is 0.332 e. The van der Waals surface area contributed by atoms with Gasteiger partial charge < -0.3 is 4.98 Å². The third-order valence-corrected chi connectivity index (χ3v) is 3.67. The topological polar surface area (TPSA) is 37.8 Å². The number of nitrogens with zero attached hydrogens (tertiary/aromatic N) is 1. The van der Waals surface area contributed by atoms with Crippen LogP contribution in [0.4, 0.5) is 0 Å². The van der Waals surface area contributed by atoms with Crippen LogP contribution in [0.1, 0.15) is 12.6 Å². The van der Waals surface area contributed by atoms with E-state index in [9.17, 15) is 4.79 Å². The lowest BCUT2D eigenvalue weighted by Gasteiger charge is -2.08. The molecule has 3 rings (SSSR count). The van der Waals surface area contributed by atoms with Gasteiger partial charge in [0.05, 0.1) is 17.4 Å². The molecule has 0 saturated carbocycles. The second-order valence-electron chi connectivity index (χ2n) is 4.85. The van der Waals surface area contributed by atoms with Gasteiger partial charge in [0.2, 0.25) is 0 Å². The lowest BCUT2D eigenvalue weighted by Crippen LogP contribution is -2.22. The molecule has 0 amide bonds. The number of aryl methyl sites for hydroxylation is 1. The minimum absolute atomic E-state index is 0. The summed E-state index contributed by atoms with van der Waals surface area (Å²) in [7, 11) is 0. The third-order valence-electron chi connectivity index (χ3n) is 3.35. The van der Waals surface area contributed by atoms with Crippen LogP contribution in [0.15, 0.2) is 53.3 Å². The molecule has 0 radical (unpaired) electrons. The van der Waals surface area contributed by atoms with Crippen LogP contribution in [-0.2, 0) is 6.54 Å². The Morgan fingerprint density at radius 3 is 2.60 bits per heavy atom. The highest BCUT2D eigenvalue weighted by atomic mass is 32.1. The fourth-order valence-corrected chi connectivity index (χ4v) is 2.48. The van der Waals surface area contributed by atoms with Crippen molar-refractivity contribution >= 4 is 23.1 Å². The molecule has 3 aromatic rings. The molecule has 0 bridgehead atoms. The first kappa shape index (κ1) is 12.8. The van der Waals surface area contributed by atoms with Gasteiger partial charge in [0, 0.05) is 1.43 Å². The number of H-pyrrole nitrogens is 1. The quantitative estimate of drug-likeness (QED) is 0.729. The Bertz CT molecular complexity index is 881. The Hall–Kier alpha value is -2.20. The van der Waals surface area contributed by atoms with Crippen molar-refractivity contribution in [2.24, 2.45) is 0 Å². The lowest BCUT2D eigenvalue weighted by atomic mass is 10.1. The zero-order valence-electron chi connectivity index (χ0n) is 11.1. The first-order valence-corrected chi connectivity index (χ1v) is 6.83. The zero-order valence-corrected chi connectivity index (χ0v) is 11.9. The monoisotopic (exact) mass is 284 g/mol. The summed E-state index contributed by atoms with van der Waals surface area (Å²) in [6, 6.07) is 15.5. The van der Waals surface area contributed by atoms with Crippen molar-refractivity contribution in [3.05, 3.63) is 74.8 Å². The summed E-state index contributed by atoms with van der Waals surface area (Å²) in [6.07, 6.45) is 0. The number of hydrogen-bond acceptors (Lipinski definition) is 2. The predicted octanol–water partition coefficient (Wildman–Crippen LogP) is 3.66. The van der Waals surface area contributed by atoms with Crippen molar-refractivity contribution in [1.29, 1.82) is 0 Å². The van der Waals surface area contributed by atoms with E-state index in [1.807, 2.05) is 55.5 Å². The van der Waals surface area contributed by atoms with Crippen LogP contribution in [0.25, 0.3) is 10.9 Å². The molecule has 0 aliphatic carbocycles. The molecular weight excluding hydrogens is 268 g/mol. The summed E-state index contributed by atoms with van der Waals surface area (Å²) in [4.78, 5) is 15.6. The van der Waals surface area contributed by atoms with Gasteiger partial charge in [0.25, 0.3) is 5.56 Å². The van der Waals surface area contributed by atoms with Gasteiger partial charge in [-0.25, -0.2) is 0 Å². The number of fused-ring (bicyclic) bond motifs is 1. The molecule has 4 heteroatoms. The smallest absolute Gasteiger partial charge is 0.262 e. The van der Waals surface area contributed by atoms with E-state index in [4.69, 9.17) is 12.2 Å². The molecule has 0 saturated heterocycles. The van der Waals surface area contributed by atoms with Crippen molar-refractivity contribution < 1.29 is 1.43 Å². The van der Waals surface area contributed by atoms with Crippen LogP contribution in [0.2, 0.25) is 0 Å². The van der Waals surface area contributed by atoms with E-state index in [-0.39, 0.29) is 6.99 Å². The number of aromatic amines is 1. The Morgan fingerprint density at radius 1 is 1.15 bits per heavy atom. The molecule has 20 heavy (non-hydrogen) atoms. The Kier molecular flexibility index (Phi) is 3.24. The first-order chi connectivity index (χ1) is 9.65. The van der Waals surface area contributed by atoms with Crippen molar-refractivity contribution in [3.63, 3.8) is 0 Å². The van der Waals surface area contributed by atoms with Gasteiger partial charge in [0.1, 0.15) is 0 Å². The minimum atomic E-state index is -0.0510. The molecule has 1 heterocycles. The van der Waals surface area contributed by atoms with E-state index >= 15 is 0 Å². The van der Waals surface area contributed by atoms with Gasteiger partial charge in [-0.3, -0.25) is 9.36 Å². The molecule has 3 nitrogen and oxygen atoms in total. The average molecular weight is 284 g/mol. The van der Waals surface area contributed by atoms with E-state index in [2.05, 4.69) is 4.98 Å². The highest BCUT2D eigenvalue weighted by molar-refractivity contribution is 7.71. The van der Waals surface area contributed by atoms with Crippen molar-refractivity contribution in [1.82, 2.24) is 9.55 Å². The molecule has 102 valence electrons. The van der Waals surface area contributed by atoms with Crippen LogP contribution in [0, 0.1) is 11.7 Å². The van der Waals surface area contributed by atoms with Gasteiger partial charge >= 0.3 is 0 Å². The highest BCUT2D eigenvalue weighted by Gasteiger charge is 2.05. The third kappa shape index (κ3) is 2.30. The molecule has 1 aromatic heterocycles. The van der Waals surface area contributed by atoms with Crippen molar-refractivity contribution in [3.8, 4) is 0 Å². The maximum Gasteiger partial charge on any atom is 0.262 e. The van der Waals surface area contributed by atoms with Crippen LogP contribution < -0.4 is 5.56 Å². The van der Waals surface area contributed by atoms with E-state index < -0.39 is 0 Å². The van der Waals surface area contributed by atoms with E-state index in [0.29, 0.717) is 16.7 Å². The molecule has 0 aliphatic rings. The van der Waals surface area contributed by atoms with E-state index in [1.54, 1.807) is 4.57 Å². The molecule has 0 atom stereocenters. The van der Waals surface area contributed by atoms with E-state index in [0.717, 1.165) is 11.1 Å². The van der Waals surface area contributed by atoms with Crippen molar-refractivity contribution in [2.45, 2.75) is 13.5 Å². The highest BCUT2D eigenvalue weighted by Crippen LogP contribution is 2.08. The molecule has 0 spiro atoms.